The molecule has 1 aliphatic rings. The lowest BCUT2D eigenvalue weighted by Gasteiger charge is -2.21. The van der Waals surface area contributed by atoms with E-state index < -0.39 is 5.92 Å². The van der Waals surface area contributed by atoms with Crippen LogP contribution in [0.15, 0.2) is 24.3 Å². The highest BCUT2D eigenvalue weighted by Gasteiger charge is 2.39. The largest absolute Gasteiger partial charge is 0.378 e. The summed E-state index contributed by atoms with van der Waals surface area (Å²) < 4.78 is 26.5. The number of hydrazine groups is 1. The summed E-state index contributed by atoms with van der Waals surface area (Å²) in [4.78, 5) is 2.02. The zero-order valence-corrected chi connectivity index (χ0v) is 12.1. The maximum atomic E-state index is 13.2. The zero-order valence-electron chi connectivity index (χ0n) is 12.1. The third-order valence-corrected chi connectivity index (χ3v) is 4.09. The Hall–Kier alpha value is -1.20. The van der Waals surface area contributed by atoms with Crippen molar-refractivity contribution < 1.29 is 8.78 Å². The Kier molecular flexibility index (Phi) is 4.60. The average Bonchev–Trinajstić information content (AvgIpc) is 2.75. The second kappa shape index (κ2) is 6.06. The molecule has 0 amide bonds. The van der Waals surface area contributed by atoms with E-state index in [1.165, 1.54) is 0 Å². The van der Waals surface area contributed by atoms with Gasteiger partial charge in [0, 0.05) is 38.7 Å². The molecule has 0 spiro atoms. The normalized spacial score (nSPS) is 22.8. The summed E-state index contributed by atoms with van der Waals surface area (Å²) in [5.41, 5.74) is 4.92. The van der Waals surface area contributed by atoms with Gasteiger partial charge in [-0.05, 0) is 36.5 Å². The topological polar surface area (TPSA) is 41.3 Å². The van der Waals surface area contributed by atoms with Gasteiger partial charge in [0.2, 0.25) is 5.92 Å². The number of nitrogens with two attached hydrogens (primary N) is 1. The number of hydrogen-bond donors (Lipinski definition) is 2. The number of nitrogens with one attached hydrogen (secondary N) is 1. The standard InChI is InChI=1S/C15H23F2N3/c1-20(2)13-5-3-12(4-6-13)14(19-18)9-11-7-8-15(16,17)10-11/h3-6,11,14,19H,7-10,18H2,1-2H3. The lowest BCUT2D eigenvalue weighted by Crippen LogP contribution is -2.29. The highest BCUT2D eigenvalue weighted by Crippen LogP contribution is 2.42. The molecule has 0 bridgehead atoms. The van der Waals surface area contributed by atoms with Crippen molar-refractivity contribution in [3.63, 3.8) is 0 Å². The van der Waals surface area contributed by atoms with Gasteiger partial charge in [0.05, 0.1) is 0 Å². The number of anilines is 1. The van der Waals surface area contributed by atoms with Gasteiger partial charge in [0.25, 0.3) is 0 Å². The van der Waals surface area contributed by atoms with Crippen molar-refractivity contribution >= 4 is 5.69 Å². The minimum Gasteiger partial charge on any atom is -0.378 e. The van der Waals surface area contributed by atoms with Crippen LogP contribution in [0.25, 0.3) is 0 Å². The Morgan fingerprint density at radius 3 is 2.45 bits per heavy atom. The molecule has 2 rings (SSSR count). The van der Waals surface area contributed by atoms with E-state index in [0.717, 1.165) is 11.3 Å². The fourth-order valence-electron chi connectivity index (χ4n) is 2.88. The van der Waals surface area contributed by atoms with Crippen molar-refractivity contribution in [3.8, 4) is 0 Å². The molecule has 1 saturated carbocycles. The van der Waals surface area contributed by atoms with Gasteiger partial charge in [-0.25, -0.2) is 8.78 Å². The van der Waals surface area contributed by atoms with E-state index in [1.807, 2.05) is 43.3 Å². The lowest BCUT2D eigenvalue weighted by molar-refractivity contribution is 0.00430. The van der Waals surface area contributed by atoms with E-state index in [4.69, 9.17) is 5.84 Å². The SMILES string of the molecule is CN(C)c1ccc(C(CC2CCC(F)(F)C2)NN)cc1. The van der Waals surface area contributed by atoms with E-state index in [-0.39, 0.29) is 24.8 Å². The van der Waals surface area contributed by atoms with Gasteiger partial charge in [-0.2, -0.15) is 0 Å². The molecule has 1 aliphatic carbocycles. The molecule has 0 saturated heterocycles. The molecule has 3 N–H and O–H groups in total. The first-order valence-electron chi connectivity index (χ1n) is 7.02. The predicted octanol–water partition coefficient (Wildman–Crippen LogP) is 3.08. The first-order valence-corrected chi connectivity index (χ1v) is 7.02. The van der Waals surface area contributed by atoms with Crippen LogP contribution in [0.3, 0.4) is 0 Å². The van der Waals surface area contributed by atoms with Gasteiger partial charge in [-0.3, -0.25) is 11.3 Å². The highest BCUT2D eigenvalue weighted by molar-refractivity contribution is 5.46. The smallest absolute Gasteiger partial charge is 0.248 e. The molecule has 1 aromatic carbocycles. The minimum absolute atomic E-state index is 0.00846. The van der Waals surface area contributed by atoms with Crippen molar-refractivity contribution in [3.05, 3.63) is 29.8 Å². The van der Waals surface area contributed by atoms with Gasteiger partial charge < -0.3 is 4.90 Å². The van der Waals surface area contributed by atoms with Crippen molar-refractivity contribution in [1.82, 2.24) is 5.43 Å². The van der Waals surface area contributed by atoms with Gasteiger partial charge in [0.1, 0.15) is 0 Å². The molecule has 2 unspecified atom stereocenters. The van der Waals surface area contributed by atoms with Gasteiger partial charge in [0.15, 0.2) is 0 Å². The fourth-order valence-corrected chi connectivity index (χ4v) is 2.88. The Bertz CT molecular complexity index is 431. The van der Waals surface area contributed by atoms with Crippen molar-refractivity contribution in [2.24, 2.45) is 11.8 Å². The molecule has 2 atom stereocenters. The Morgan fingerprint density at radius 2 is 2.00 bits per heavy atom. The molecule has 3 nitrogen and oxygen atoms in total. The third-order valence-electron chi connectivity index (χ3n) is 4.09. The quantitative estimate of drug-likeness (QED) is 0.644. The van der Waals surface area contributed by atoms with E-state index in [2.05, 4.69) is 5.43 Å². The van der Waals surface area contributed by atoms with Crippen LogP contribution in [0.2, 0.25) is 0 Å². The van der Waals surface area contributed by atoms with E-state index >= 15 is 0 Å². The number of nitrogens with zero attached hydrogens (tertiary/aromatic N) is 1. The van der Waals surface area contributed by atoms with Crippen LogP contribution < -0.4 is 16.2 Å². The number of benzene rings is 1. The maximum absolute atomic E-state index is 13.2. The number of halogens is 2. The van der Waals surface area contributed by atoms with Crippen LogP contribution >= 0.6 is 0 Å². The lowest BCUT2D eigenvalue weighted by atomic mass is 9.93. The molecule has 1 aromatic rings. The van der Waals surface area contributed by atoms with Crippen LogP contribution in [-0.2, 0) is 0 Å². The first-order chi connectivity index (χ1) is 9.41. The number of hydrogen-bond acceptors (Lipinski definition) is 3. The molecule has 1 fully saturated rings. The molecular formula is C15H23F2N3. The molecule has 0 aliphatic heterocycles. The molecule has 0 heterocycles. The monoisotopic (exact) mass is 283 g/mol. The summed E-state index contributed by atoms with van der Waals surface area (Å²) in [6.45, 7) is 0. The highest BCUT2D eigenvalue weighted by atomic mass is 19.3. The first kappa shape index (κ1) is 15.2. The summed E-state index contributed by atoms with van der Waals surface area (Å²) in [6, 6.07) is 7.98. The second-order valence-electron chi connectivity index (χ2n) is 5.91. The fraction of sp³-hybridized carbons (Fsp3) is 0.600. The Morgan fingerprint density at radius 1 is 1.35 bits per heavy atom. The maximum Gasteiger partial charge on any atom is 0.248 e. The van der Waals surface area contributed by atoms with Gasteiger partial charge in [-0.15, -0.1) is 0 Å². The molecule has 20 heavy (non-hydrogen) atoms. The number of alkyl halides is 2. The molecule has 0 aromatic heterocycles. The molecular weight excluding hydrogens is 260 g/mol. The van der Waals surface area contributed by atoms with Crippen molar-refractivity contribution in [1.29, 1.82) is 0 Å². The zero-order chi connectivity index (χ0) is 14.8. The predicted molar refractivity (Wildman–Crippen MR) is 77.7 cm³/mol. The van der Waals surface area contributed by atoms with E-state index in [1.54, 1.807) is 0 Å². The van der Waals surface area contributed by atoms with E-state index in [9.17, 15) is 8.78 Å². The Balaban J connectivity index is 2.01. The van der Waals surface area contributed by atoms with Crippen LogP contribution in [0, 0.1) is 5.92 Å². The summed E-state index contributed by atoms with van der Waals surface area (Å²) in [6.07, 6.45) is 1.24. The molecule has 0 radical (unpaired) electrons. The average molecular weight is 283 g/mol. The minimum atomic E-state index is -2.49. The number of rotatable bonds is 5. The van der Waals surface area contributed by atoms with Crippen LogP contribution in [0.4, 0.5) is 14.5 Å². The van der Waals surface area contributed by atoms with Crippen LogP contribution in [0.1, 0.15) is 37.3 Å². The molecule has 112 valence electrons. The summed E-state index contributed by atoms with van der Waals surface area (Å²) in [7, 11) is 3.96. The third kappa shape index (κ3) is 3.67. The summed E-state index contributed by atoms with van der Waals surface area (Å²) in [5, 5.41) is 0. The van der Waals surface area contributed by atoms with Crippen LogP contribution in [-0.4, -0.2) is 20.0 Å². The summed E-state index contributed by atoms with van der Waals surface area (Å²) >= 11 is 0. The second-order valence-corrected chi connectivity index (χ2v) is 5.91. The van der Waals surface area contributed by atoms with E-state index in [0.29, 0.717) is 12.8 Å². The van der Waals surface area contributed by atoms with Crippen molar-refractivity contribution in [2.75, 3.05) is 19.0 Å². The van der Waals surface area contributed by atoms with Gasteiger partial charge in [-0.1, -0.05) is 12.1 Å². The van der Waals surface area contributed by atoms with Crippen molar-refractivity contribution in [2.45, 2.75) is 37.6 Å². The summed E-state index contributed by atoms with van der Waals surface area (Å²) in [5.74, 6) is 3.15. The van der Waals surface area contributed by atoms with Gasteiger partial charge >= 0.3 is 0 Å². The molecule has 5 heteroatoms. The Labute approximate surface area is 119 Å². The van der Waals surface area contributed by atoms with Crippen LogP contribution in [0.5, 0.6) is 0 Å².